The molecule has 2 unspecified atom stereocenters. The molecule has 0 fully saturated rings. The van der Waals surface area contributed by atoms with Crippen molar-refractivity contribution in [3.8, 4) is 0 Å². The Balaban J connectivity index is 1.88. The van der Waals surface area contributed by atoms with Crippen LogP contribution in [0, 0.1) is 10.1 Å². The molecule has 0 aliphatic carbocycles. The van der Waals surface area contributed by atoms with E-state index in [2.05, 4.69) is 22.4 Å². The van der Waals surface area contributed by atoms with Crippen LogP contribution in [0.1, 0.15) is 23.1 Å². The van der Waals surface area contributed by atoms with E-state index in [4.69, 9.17) is 0 Å². The Morgan fingerprint density at radius 3 is 2.35 bits per heavy atom. The van der Waals surface area contributed by atoms with Crippen molar-refractivity contribution in [2.45, 2.75) is 12.0 Å². The average molecular weight is 267 g/mol. The van der Waals surface area contributed by atoms with E-state index in [1.165, 1.54) is 17.7 Å². The maximum absolute atomic E-state index is 10.7. The molecule has 1 aliphatic heterocycles. The van der Waals surface area contributed by atoms with Crippen molar-refractivity contribution in [1.29, 1.82) is 0 Å². The van der Waals surface area contributed by atoms with Gasteiger partial charge in [-0.15, -0.1) is 0 Å². The van der Waals surface area contributed by atoms with Gasteiger partial charge in [0.05, 0.1) is 11.5 Å². The van der Waals surface area contributed by atoms with E-state index in [0.717, 1.165) is 5.56 Å². The quantitative estimate of drug-likeness (QED) is 0.625. The van der Waals surface area contributed by atoms with Gasteiger partial charge in [0.15, 0.2) is 0 Å². The number of hydrogen-bond acceptors (Lipinski definition) is 4. The lowest BCUT2D eigenvalue weighted by Crippen LogP contribution is -2.07. The molecule has 1 aliphatic rings. The Bertz CT molecular complexity index is 638. The molecule has 2 aromatic rings. The zero-order valence-corrected chi connectivity index (χ0v) is 10.7. The molecule has 5 nitrogen and oxygen atoms in total. The van der Waals surface area contributed by atoms with Gasteiger partial charge in [-0.2, -0.15) is 10.2 Å². The van der Waals surface area contributed by atoms with Crippen molar-refractivity contribution in [2.24, 2.45) is 10.2 Å². The molecule has 1 heterocycles. The predicted octanol–water partition coefficient (Wildman–Crippen LogP) is 3.89. The van der Waals surface area contributed by atoms with Crippen LogP contribution >= 0.6 is 0 Å². The summed E-state index contributed by atoms with van der Waals surface area (Å²) in [6.45, 7) is 0.658. The fourth-order valence-electron chi connectivity index (χ4n) is 2.48. The van der Waals surface area contributed by atoms with E-state index in [0.29, 0.717) is 6.54 Å². The predicted molar refractivity (Wildman–Crippen MR) is 74.7 cm³/mol. The number of nitro benzene ring substituents is 1. The second-order valence-electron chi connectivity index (χ2n) is 4.75. The van der Waals surface area contributed by atoms with Crippen LogP contribution in [0.4, 0.5) is 5.69 Å². The lowest BCUT2D eigenvalue weighted by molar-refractivity contribution is -0.384. The van der Waals surface area contributed by atoms with Gasteiger partial charge in [-0.3, -0.25) is 10.1 Å². The van der Waals surface area contributed by atoms with Gasteiger partial charge >= 0.3 is 0 Å². The largest absolute Gasteiger partial charge is 0.269 e. The first-order valence-corrected chi connectivity index (χ1v) is 6.41. The normalized spacial score (nSPS) is 21.0. The Morgan fingerprint density at radius 1 is 1.00 bits per heavy atom. The maximum atomic E-state index is 10.7. The Kier molecular flexibility index (Phi) is 3.25. The molecule has 0 bridgehead atoms. The van der Waals surface area contributed by atoms with Crippen LogP contribution in [0.25, 0.3) is 0 Å². The minimum atomic E-state index is -0.394. The Labute approximate surface area is 116 Å². The van der Waals surface area contributed by atoms with Crippen molar-refractivity contribution in [3.05, 3.63) is 75.8 Å². The van der Waals surface area contributed by atoms with Crippen molar-refractivity contribution in [1.82, 2.24) is 0 Å². The Hall–Kier alpha value is -2.56. The van der Waals surface area contributed by atoms with Crippen LogP contribution in [0.2, 0.25) is 0 Å². The Morgan fingerprint density at radius 2 is 1.70 bits per heavy atom. The standard InChI is InChI=1S/C15H13N3O2/c19-18(20)13-8-6-12(7-9-13)15-14(10-16-17-15)11-4-2-1-3-5-11/h1-9,14-15H,10H2. The van der Waals surface area contributed by atoms with Gasteiger partial charge in [0.25, 0.3) is 5.69 Å². The SMILES string of the molecule is O=[N+]([O-])c1ccc(C2N=NCC2c2ccccc2)cc1. The molecule has 100 valence electrons. The highest BCUT2D eigenvalue weighted by Gasteiger charge is 2.28. The summed E-state index contributed by atoms with van der Waals surface area (Å²) in [6, 6.07) is 16.6. The fraction of sp³-hybridized carbons (Fsp3) is 0.200. The molecule has 0 aromatic heterocycles. The molecule has 2 aromatic carbocycles. The average Bonchev–Trinajstić information content (AvgIpc) is 2.97. The minimum absolute atomic E-state index is 0.0572. The lowest BCUT2D eigenvalue weighted by Gasteiger charge is -2.16. The van der Waals surface area contributed by atoms with Gasteiger partial charge in [0, 0.05) is 18.1 Å². The number of benzene rings is 2. The van der Waals surface area contributed by atoms with Crippen LogP contribution in [0.3, 0.4) is 0 Å². The van der Waals surface area contributed by atoms with Gasteiger partial charge < -0.3 is 0 Å². The third-order valence-electron chi connectivity index (χ3n) is 3.54. The molecule has 2 atom stereocenters. The lowest BCUT2D eigenvalue weighted by atomic mass is 9.88. The highest BCUT2D eigenvalue weighted by molar-refractivity contribution is 5.36. The molecule has 0 spiro atoms. The van der Waals surface area contributed by atoms with Crippen LogP contribution < -0.4 is 0 Å². The summed E-state index contributed by atoms with van der Waals surface area (Å²) in [5.74, 6) is 0.206. The van der Waals surface area contributed by atoms with Crippen molar-refractivity contribution in [2.75, 3.05) is 6.54 Å². The zero-order valence-electron chi connectivity index (χ0n) is 10.7. The van der Waals surface area contributed by atoms with E-state index in [-0.39, 0.29) is 17.6 Å². The summed E-state index contributed by atoms with van der Waals surface area (Å²) in [6.07, 6.45) is 0. The smallest absolute Gasteiger partial charge is 0.258 e. The third-order valence-corrected chi connectivity index (χ3v) is 3.54. The second kappa shape index (κ2) is 5.21. The van der Waals surface area contributed by atoms with Crippen molar-refractivity contribution >= 4 is 5.69 Å². The van der Waals surface area contributed by atoms with Gasteiger partial charge in [0.1, 0.15) is 6.04 Å². The molecule has 3 rings (SSSR count). The molecule has 0 saturated heterocycles. The first-order valence-electron chi connectivity index (χ1n) is 6.41. The van der Waals surface area contributed by atoms with Crippen LogP contribution in [-0.4, -0.2) is 11.5 Å². The topological polar surface area (TPSA) is 67.9 Å². The van der Waals surface area contributed by atoms with Crippen LogP contribution in [0.15, 0.2) is 64.8 Å². The summed E-state index contributed by atoms with van der Waals surface area (Å²) in [7, 11) is 0. The summed E-state index contributed by atoms with van der Waals surface area (Å²) < 4.78 is 0. The van der Waals surface area contributed by atoms with E-state index >= 15 is 0 Å². The van der Waals surface area contributed by atoms with Crippen LogP contribution in [-0.2, 0) is 0 Å². The van der Waals surface area contributed by atoms with Crippen molar-refractivity contribution in [3.63, 3.8) is 0 Å². The number of azo groups is 1. The maximum Gasteiger partial charge on any atom is 0.269 e. The number of nitrogens with zero attached hydrogens (tertiary/aromatic N) is 3. The number of non-ortho nitro benzene ring substituents is 1. The van der Waals surface area contributed by atoms with E-state index < -0.39 is 4.92 Å². The van der Waals surface area contributed by atoms with Gasteiger partial charge in [-0.05, 0) is 23.3 Å². The van der Waals surface area contributed by atoms with Gasteiger partial charge in [0.2, 0.25) is 0 Å². The summed E-state index contributed by atoms with van der Waals surface area (Å²) >= 11 is 0. The number of rotatable bonds is 3. The van der Waals surface area contributed by atoms with Crippen molar-refractivity contribution < 1.29 is 4.92 Å². The summed E-state index contributed by atoms with van der Waals surface area (Å²) in [5.41, 5.74) is 2.26. The minimum Gasteiger partial charge on any atom is -0.258 e. The third kappa shape index (κ3) is 2.30. The highest BCUT2D eigenvalue weighted by atomic mass is 16.6. The molecular weight excluding hydrogens is 254 g/mol. The molecule has 20 heavy (non-hydrogen) atoms. The number of nitro groups is 1. The van der Waals surface area contributed by atoms with Gasteiger partial charge in [-0.1, -0.05) is 30.3 Å². The second-order valence-corrected chi connectivity index (χ2v) is 4.75. The summed E-state index contributed by atoms with van der Waals surface area (Å²) in [5, 5.41) is 19.1. The van der Waals surface area contributed by atoms with E-state index in [1.807, 2.05) is 18.2 Å². The molecule has 0 N–H and O–H groups in total. The fourth-order valence-corrected chi connectivity index (χ4v) is 2.48. The first-order chi connectivity index (χ1) is 9.75. The summed E-state index contributed by atoms with van der Waals surface area (Å²) in [4.78, 5) is 10.3. The highest BCUT2D eigenvalue weighted by Crippen LogP contribution is 2.39. The zero-order chi connectivity index (χ0) is 13.9. The molecule has 0 radical (unpaired) electrons. The molecule has 5 heteroatoms. The van der Waals surface area contributed by atoms with E-state index in [9.17, 15) is 10.1 Å². The molecule has 0 amide bonds. The monoisotopic (exact) mass is 267 g/mol. The van der Waals surface area contributed by atoms with Gasteiger partial charge in [-0.25, -0.2) is 0 Å². The first kappa shape index (κ1) is 12.5. The number of hydrogen-bond donors (Lipinski definition) is 0. The molecular formula is C15H13N3O2. The van der Waals surface area contributed by atoms with Crippen LogP contribution in [0.5, 0.6) is 0 Å². The molecule has 0 saturated carbocycles. The van der Waals surface area contributed by atoms with E-state index in [1.54, 1.807) is 12.1 Å².